The Labute approximate surface area is 182 Å². The average Bonchev–Trinajstić information content (AvgIpc) is 3.03. The van der Waals surface area contributed by atoms with Gasteiger partial charge in [0.15, 0.2) is 6.20 Å². The molecule has 1 aliphatic rings. The van der Waals surface area contributed by atoms with Gasteiger partial charge in [-0.25, -0.2) is 4.57 Å². The lowest BCUT2D eigenvalue weighted by Crippen LogP contribution is -2.33. The fourth-order valence-electron chi connectivity index (χ4n) is 5.22. The maximum Gasteiger partial charge on any atom is 0.215 e. The van der Waals surface area contributed by atoms with Gasteiger partial charge in [-0.2, -0.15) is 0 Å². The van der Waals surface area contributed by atoms with E-state index in [4.69, 9.17) is 2.74 Å². The van der Waals surface area contributed by atoms with Crippen LogP contribution in [0.3, 0.4) is 0 Å². The van der Waals surface area contributed by atoms with Gasteiger partial charge >= 0.3 is 0 Å². The Morgan fingerprint density at radius 2 is 1.60 bits per heavy atom. The highest BCUT2D eigenvalue weighted by molar-refractivity contribution is 5.90. The molecule has 1 atom stereocenters. The van der Waals surface area contributed by atoms with Crippen molar-refractivity contribution in [1.29, 1.82) is 0 Å². The first-order valence-electron chi connectivity index (χ1n) is 11.6. The Kier molecular flexibility index (Phi) is 3.69. The third-order valence-electron chi connectivity index (χ3n) is 6.72. The molecule has 3 aromatic carbocycles. The second-order valence-corrected chi connectivity index (χ2v) is 8.64. The number of hydrogen-bond donors (Lipinski definition) is 0. The Morgan fingerprint density at radius 3 is 2.37 bits per heavy atom. The van der Waals surface area contributed by atoms with E-state index in [0.29, 0.717) is 0 Å². The van der Waals surface area contributed by atoms with Gasteiger partial charge in [-0.05, 0) is 67.1 Å². The molecule has 5 rings (SSSR count). The van der Waals surface area contributed by atoms with Gasteiger partial charge in [0.05, 0.1) is 5.56 Å². The van der Waals surface area contributed by atoms with Crippen molar-refractivity contribution in [3.63, 3.8) is 0 Å². The first kappa shape index (κ1) is 16.6. The number of pyridine rings is 1. The van der Waals surface area contributed by atoms with Crippen LogP contribution in [-0.4, -0.2) is 0 Å². The summed E-state index contributed by atoms with van der Waals surface area (Å²) in [7, 11) is 2.02. The van der Waals surface area contributed by atoms with E-state index in [2.05, 4.69) is 86.0 Å². The van der Waals surface area contributed by atoms with Crippen LogP contribution < -0.4 is 4.57 Å². The Morgan fingerprint density at radius 1 is 0.833 bits per heavy atom. The van der Waals surface area contributed by atoms with Crippen LogP contribution in [0.25, 0.3) is 22.4 Å². The van der Waals surface area contributed by atoms with E-state index in [0.717, 1.165) is 16.8 Å². The maximum atomic E-state index is 8.25. The summed E-state index contributed by atoms with van der Waals surface area (Å²) < 4.78 is 18.6. The molecule has 1 aromatic heterocycles. The first-order chi connectivity index (χ1) is 15.3. The van der Waals surface area contributed by atoms with Crippen molar-refractivity contribution in [2.24, 2.45) is 7.05 Å². The molecule has 0 bridgehead atoms. The number of aryl methyl sites for hydroxylation is 4. The lowest BCUT2D eigenvalue weighted by Gasteiger charge is -2.30. The van der Waals surface area contributed by atoms with E-state index < -0.39 is 6.88 Å². The third-order valence-corrected chi connectivity index (χ3v) is 6.72. The molecule has 1 nitrogen and oxygen atoms in total. The van der Waals surface area contributed by atoms with Gasteiger partial charge in [-0.3, -0.25) is 0 Å². The van der Waals surface area contributed by atoms with Gasteiger partial charge in [0, 0.05) is 19.8 Å². The largest absolute Gasteiger partial charge is 0.215 e. The van der Waals surface area contributed by atoms with E-state index in [1.165, 1.54) is 38.9 Å². The van der Waals surface area contributed by atoms with Crippen LogP contribution in [0.2, 0.25) is 0 Å². The Balaban J connectivity index is 1.96. The van der Waals surface area contributed by atoms with Crippen LogP contribution >= 0.6 is 0 Å². The number of fused-ring (bicyclic) bond motifs is 3. The minimum Gasteiger partial charge on any atom is -0.201 e. The summed E-state index contributed by atoms with van der Waals surface area (Å²) in [5.41, 5.74) is 11.3. The Hall–Kier alpha value is -3.19. The van der Waals surface area contributed by atoms with Crippen molar-refractivity contribution in [3.8, 4) is 22.4 Å². The molecule has 0 N–H and O–H groups in total. The average molecular weight is 393 g/mol. The molecule has 0 saturated carbocycles. The van der Waals surface area contributed by atoms with Gasteiger partial charge < -0.3 is 0 Å². The number of hydrogen-bond acceptors (Lipinski definition) is 0. The molecule has 0 aliphatic heterocycles. The van der Waals surface area contributed by atoms with E-state index in [1.807, 2.05) is 25.4 Å². The number of aromatic nitrogens is 1. The third kappa shape index (κ3) is 2.51. The van der Waals surface area contributed by atoms with Crippen molar-refractivity contribution in [1.82, 2.24) is 0 Å². The van der Waals surface area contributed by atoms with E-state index in [9.17, 15) is 0 Å². The summed E-state index contributed by atoms with van der Waals surface area (Å²) in [5, 5.41) is 0. The SMILES string of the molecule is [2H]C([2H])c1ccc[n+](C)c1-c1c(C)ccc2c1C(C)(c1ccccc1)c1cc(C)ccc1-2. The van der Waals surface area contributed by atoms with Crippen molar-refractivity contribution in [2.45, 2.75) is 33.1 Å². The summed E-state index contributed by atoms with van der Waals surface area (Å²) in [6.45, 7) is 5.58. The molecule has 0 spiro atoms. The number of nitrogens with zero attached hydrogens (tertiary/aromatic N) is 1. The van der Waals surface area contributed by atoms with Gasteiger partial charge in [0.1, 0.15) is 7.05 Å². The van der Waals surface area contributed by atoms with Crippen LogP contribution in [0.5, 0.6) is 0 Å². The van der Waals surface area contributed by atoms with Crippen LogP contribution in [-0.2, 0) is 12.5 Å². The molecule has 0 saturated heterocycles. The summed E-state index contributed by atoms with van der Waals surface area (Å²) in [6, 6.07) is 25.8. The van der Waals surface area contributed by atoms with Crippen LogP contribution in [0.15, 0.2) is 79.0 Å². The van der Waals surface area contributed by atoms with Crippen molar-refractivity contribution in [3.05, 3.63) is 112 Å². The van der Waals surface area contributed by atoms with Crippen LogP contribution in [0.4, 0.5) is 0 Å². The topological polar surface area (TPSA) is 3.88 Å². The first-order valence-corrected chi connectivity index (χ1v) is 10.5. The van der Waals surface area contributed by atoms with Crippen molar-refractivity contribution in [2.75, 3.05) is 0 Å². The minimum atomic E-state index is -1.05. The second kappa shape index (κ2) is 6.67. The molecule has 4 aromatic rings. The summed E-state index contributed by atoms with van der Waals surface area (Å²) >= 11 is 0. The number of benzene rings is 3. The zero-order valence-electron chi connectivity index (χ0n) is 20.0. The van der Waals surface area contributed by atoms with Crippen molar-refractivity contribution >= 4 is 0 Å². The smallest absolute Gasteiger partial charge is 0.201 e. The molecule has 0 amide bonds. The fraction of sp³-hybridized carbons (Fsp3) is 0.207. The molecule has 30 heavy (non-hydrogen) atoms. The molecule has 1 heteroatoms. The van der Waals surface area contributed by atoms with E-state index in [1.54, 1.807) is 0 Å². The molecular weight excluding hydrogens is 362 g/mol. The summed E-state index contributed by atoms with van der Waals surface area (Å²) in [6.07, 6.45) is 2.02. The molecule has 1 aliphatic carbocycles. The van der Waals surface area contributed by atoms with Crippen molar-refractivity contribution < 1.29 is 7.31 Å². The number of rotatable bonds is 2. The van der Waals surface area contributed by atoms with Crippen LogP contribution in [0.1, 0.15) is 43.0 Å². The summed E-state index contributed by atoms with van der Waals surface area (Å²) in [4.78, 5) is 0. The van der Waals surface area contributed by atoms with Gasteiger partial charge in [-0.15, -0.1) is 0 Å². The zero-order chi connectivity index (χ0) is 22.6. The van der Waals surface area contributed by atoms with Gasteiger partial charge in [0.2, 0.25) is 5.69 Å². The molecule has 148 valence electrons. The molecule has 0 fully saturated rings. The standard InChI is InChI=1S/C29H28N/c1-19-13-15-23-24-16-14-20(2)26(28-21(3)10-9-17-30(28)5)27(24)29(4,25(23)18-19)22-11-7-6-8-12-22/h6-18H,1-5H3/q+1/i3D2. The monoisotopic (exact) mass is 392 g/mol. The predicted octanol–water partition coefficient (Wildman–Crippen LogP) is 6.44. The minimum absolute atomic E-state index is 0.334. The molecule has 1 heterocycles. The zero-order valence-corrected chi connectivity index (χ0v) is 18.0. The van der Waals surface area contributed by atoms with E-state index in [-0.39, 0.29) is 5.41 Å². The predicted molar refractivity (Wildman–Crippen MR) is 125 cm³/mol. The molecular formula is C29H28N+. The fourth-order valence-corrected chi connectivity index (χ4v) is 5.22. The van der Waals surface area contributed by atoms with Gasteiger partial charge in [0.25, 0.3) is 0 Å². The quantitative estimate of drug-likeness (QED) is 0.346. The second-order valence-electron chi connectivity index (χ2n) is 8.64. The lowest BCUT2D eigenvalue weighted by molar-refractivity contribution is -0.660. The molecule has 0 radical (unpaired) electrons. The lowest BCUT2D eigenvalue weighted by atomic mass is 9.71. The Bertz CT molecular complexity index is 1340. The highest BCUT2D eigenvalue weighted by Gasteiger charge is 2.44. The molecule has 1 unspecified atom stereocenters. The highest BCUT2D eigenvalue weighted by atomic mass is 14.9. The maximum absolute atomic E-state index is 8.25. The summed E-state index contributed by atoms with van der Waals surface area (Å²) in [5.74, 6) is 0. The van der Waals surface area contributed by atoms with E-state index >= 15 is 0 Å². The highest BCUT2D eigenvalue weighted by Crippen LogP contribution is 2.56. The van der Waals surface area contributed by atoms with Crippen LogP contribution in [0, 0.1) is 20.7 Å². The normalized spacial score (nSPS) is 18.0. The van der Waals surface area contributed by atoms with Gasteiger partial charge in [-0.1, -0.05) is 66.2 Å².